The van der Waals surface area contributed by atoms with Gasteiger partial charge in [0.25, 0.3) is 5.91 Å². The van der Waals surface area contributed by atoms with E-state index in [0.717, 1.165) is 0 Å². The van der Waals surface area contributed by atoms with Crippen LogP contribution in [0.15, 0.2) is 6.20 Å². The average Bonchev–Trinajstić information content (AvgIpc) is 2.86. The smallest absolute Gasteiger partial charge is 0.271 e. The van der Waals surface area contributed by atoms with E-state index in [1.807, 2.05) is 0 Å². The van der Waals surface area contributed by atoms with Crippen molar-refractivity contribution in [2.45, 2.75) is 6.17 Å². The molecule has 1 saturated heterocycles. The van der Waals surface area contributed by atoms with Gasteiger partial charge in [-0.15, -0.1) is 0 Å². The third-order valence-electron chi connectivity index (χ3n) is 2.15. The van der Waals surface area contributed by atoms with Crippen LogP contribution in [0.1, 0.15) is 10.5 Å². The summed E-state index contributed by atoms with van der Waals surface area (Å²) < 4.78 is 0. The Hall–Kier alpha value is -0.670. The van der Waals surface area contributed by atoms with E-state index in [1.165, 1.54) is 6.20 Å². The maximum absolute atomic E-state index is 11.8. The Labute approximate surface area is 117 Å². The first kappa shape index (κ1) is 13.8. The highest BCUT2D eigenvalue weighted by atomic mass is 35.5. The maximum atomic E-state index is 11.8. The van der Waals surface area contributed by atoms with E-state index in [2.05, 4.69) is 32.2 Å². The predicted molar refractivity (Wildman–Crippen MR) is 67.9 cm³/mol. The minimum Gasteiger partial charge on any atom is -0.348 e. The van der Waals surface area contributed by atoms with Crippen LogP contribution in [-0.4, -0.2) is 23.6 Å². The van der Waals surface area contributed by atoms with Crippen LogP contribution < -0.4 is 27.2 Å². The molecule has 5 N–H and O–H groups in total. The summed E-state index contributed by atoms with van der Waals surface area (Å²) in [5.41, 5.74) is 10.9. The second-order valence-corrected chi connectivity index (χ2v) is 4.55. The number of hydrazine groups is 3. The zero-order valence-electron chi connectivity index (χ0n) is 8.85. The van der Waals surface area contributed by atoms with Gasteiger partial charge in [-0.1, -0.05) is 34.8 Å². The molecule has 2 heterocycles. The number of carbonyl (C=O) groups is 1. The number of hydrogen-bond donors (Lipinski definition) is 5. The fraction of sp³-hybridized carbons (Fsp3) is 0.250. The maximum Gasteiger partial charge on any atom is 0.271 e. The molecular weight excluding hydrogens is 302 g/mol. The summed E-state index contributed by atoms with van der Waals surface area (Å²) in [4.78, 5) is 15.7. The highest BCUT2D eigenvalue weighted by Gasteiger charge is 2.19. The summed E-state index contributed by atoms with van der Waals surface area (Å²) in [5.74, 6) is -0.436. The van der Waals surface area contributed by atoms with Gasteiger partial charge in [-0.2, -0.15) is 11.1 Å². The van der Waals surface area contributed by atoms with Crippen molar-refractivity contribution >= 4 is 40.7 Å². The lowest BCUT2D eigenvalue weighted by Crippen LogP contribution is -2.44. The van der Waals surface area contributed by atoms with Crippen molar-refractivity contribution in [3.05, 3.63) is 27.0 Å². The predicted octanol–water partition coefficient (Wildman–Crippen LogP) is 0.215. The van der Waals surface area contributed by atoms with Crippen LogP contribution in [0.25, 0.3) is 0 Å². The van der Waals surface area contributed by atoms with Crippen LogP contribution in [0.2, 0.25) is 15.1 Å². The van der Waals surface area contributed by atoms with E-state index in [1.54, 1.807) is 0 Å². The fourth-order valence-corrected chi connectivity index (χ4v) is 1.83. The van der Waals surface area contributed by atoms with Crippen LogP contribution in [0.4, 0.5) is 0 Å². The third kappa shape index (κ3) is 3.01. The Kier molecular flexibility index (Phi) is 4.57. The van der Waals surface area contributed by atoms with Crippen molar-refractivity contribution in [2.75, 3.05) is 6.54 Å². The minimum absolute atomic E-state index is 0.0324. The molecule has 2 rings (SSSR count). The molecule has 1 aromatic heterocycles. The molecule has 1 fully saturated rings. The van der Waals surface area contributed by atoms with E-state index in [9.17, 15) is 4.79 Å². The topological polar surface area (TPSA) is 90.1 Å². The number of nitrogens with one attached hydrogen (secondary N) is 5. The Morgan fingerprint density at radius 2 is 1.94 bits per heavy atom. The van der Waals surface area contributed by atoms with E-state index in [0.29, 0.717) is 6.54 Å². The highest BCUT2D eigenvalue weighted by molar-refractivity contribution is 6.48. The number of carbonyl (C=O) groups excluding carboxylic acids is 1. The van der Waals surface area contributed by atoms with Gasteiger partial charge in [-0.25, -0.2) is 15.8 Å². The average molecular weight is 312 g/mol. The molecule has 1 aliphatic rings. The van der Waals surface area contributed by atoms with Gasteiger partial charge in [0.05, 0.1) is 15.1 Å². The van der Waals surface area contributed by atoms with Gasteiger partial charge >= 0.3 is 0 Å². The quantitative estimate of drug-likeness (QED) is 0.548. The zero-order valence-corrected chi connectivity index (χ0v) is 11.1. The molecule has 1 amide bonds. The normalized spacial score (nSPS) is 15.9. The second-order valence-electron chi connectivity index (χ2n) is 3.38. The largest absolute Gasteiger partial charge is 0.348 e. The Morgan fingerprint density at radius 3 is 2.61 bits per heavy atom. The van der Waals surface area contributed by atoms with Gasteiger partial charge < -0.3 is 5.32 Å². The van der Waals surface area contributed by atoms with E-state index in [-0.39, 0.29) is 26.9 Å². The number of amides is 1. The molecule has 1 aromatic rings. The molecule has 0 aliphatic carbocycles. The molecular formula is C8H9Cl3N6O. The number of pyridine rings is 1. The van der Waals surface area contributed by atoms with Crippen LogP contribution in [-0.2, 0) is 0 Å². The van der Waals surface area contributed by atoms with Crippen molar-refractivity contribution in [1.82, 2.24) is 32.2 Å². The first-order valence-electron chi connectivity index (χ1n) is 4.88. The fourth-order valence-electron chi connectivity index (χ4n) is 1.26. The summed E-state index contributed by atoms with van der Waals surface area (Å²) in [5, 5.41) is 2.98. The first-order valence-corrected chi connectivity index (χ1v) is 6.01. The summed E-state index contributed by atoms with van der Waals surface area (Å²) in [6, 6.07) is 0. The first-order chi connectivity index (χ1) is 8.59. The molecule has 10 heteroatoms. The SMILES string of the molecule is O=C(NCC1NNNN1)c1ncc(Cl)c(Cl)c1Cl. The molecule has 0 saturated carbocycles. The summed E-state index contributed by atoms with van der Waals surface area (Å²) >= 11 is 17.4. The molecule has 18 heavy (non-hydrogen) atoms. The molecule has 98 valence electrons. The minimum atomic E-state index is -0.436. The molecule has 0 atom stereocenters. The number of halogens is 3. The van der Waals surface area contributed by atoms with Crippen molar-refractivity contribution in [3.63, 3.8) is 0 Å². The van der Waals surface area contributed by atoms with Gasteiger partial charge in [-0.3, -0.25) is 4.79 Å². The van der Waals surface area contributed by atoms with Gasteiger partial charge in [0, 0.05) is 12.7 Å². The third-order valence-corrected chi connectivity index (χ3v) is 3.40. The number of nitrogens with zero attached hydrogens (tertiary/aromatic N) is 1. The Bertz CT molecular complexity index is 464. The molecule has 1 aliphatic heterocycles. The van der Waals surface area contributed by atoms with E-state index < -0.39 is 5.91 Å². The monoisotopic (exact) mass is 310 g/mol. The lowest BCUT2D eigenvalue weighted by molar-refractivity contribution is 0.0944. The van der Waals surface area contributed by atoms with Crippen LogP contribution >= 0.6 is 34.8 Å². The zero-order chi connectivity index (χ0) is 13.1. The summed E-state index contributed by atoms with van der Waals surface area (Å²) in [7, 11) is 0. The second kappa shape index (κ2) is 5.98. The van der Waals surface area contributed by atoms with Crippen molar-refractivity contribution in [2.24, 2.45) is 0 Å². The number of hydrogen-bond acceptors (Lipinski definition) is 6. The van der Waals surface area contributed by atoms with Gasteiger partial charge in [0.2, 0.25) is 0 Å². The van der Waals surface area contributed by atoms with Crippen LogP contribution in [0.5, 0.6) is 0 Å². The van der Waals surface area contributed by atoms with Gasteiger partial charge in [0.1, 0.15) is 11.9 Å². The number of rotatable bonds is 3. The molecule has 0 aromatic carbocycles. The van der Waals surface area contributed by atoms with Gasteiger partial charge in [0.15, 0.2) is 0 Å². The molecule has 0 radical (unpaired) electrons. The van der Waals surface area contributed by atoms with E-state index in [4.69, 9.17) is 34.8 Å². The lowest BCUT2D eigenvalue weighted by Gasteiger charge is -2.11. The molecule has 0 spiro atoms. The number of aromatic nitrogens is 1. The lowest BCUT2D eigenvalue weighted by atomic mass is 10.3. The van der Waals surface area contributed by atoms with Crippen molar-refractivity contribution in [1.29, 1.82) is 0 Å². The van der Waals surface area contributed by atoms with E-state index >= 15 is 0 Å². The van der Waals surface area contributed by atoms with Crippen molar-refractivity contribution in [3.8, 4) is 0 Å². The van der Waals surface area contributed by atoms with Crippen LogP contribution in [0.3, 0.4) is 0 Å². The molecule has 0 bridgehead atoms. The molecule has 7 nitrogen and oxygen atoms in total. The van der Waals surface area contributed by atoms with Crippen LogP contribution in [0, 0.1) is 0 Å². The Balaban J connectivity index is 2.02. The highest BCUT2D eigenvalue weighted by Crippen LogP contribution is 2.30. The standard InChI is InChI=1S/C8H9Cl3N6O/c9-3-1-12-7(6(11)5(3)10)8(18)13-2-4-14-16-17-15-4/h1,4,14-17H,2H2,(H,13,18). The summed E-state index contributed by atoms with van der Waals surface area (Å²) in [6.07, 6.45) is 1.12. The van der Waals surface area contributed by atoms with Gasteiger partial charge in [-0.05, 0) is 0 Å². The molecule has 0 unspecified atom stereocenters. The summed E-state index contributed by atoms with van der Waals surface area (Å²) in [6.45, 7) is 0.317. The Morgan fingerprint density at radius 1 is 1.28 bits per heavy atom. The van der Waals surface area contributed by atoms with Crippen molar-refractivity contribution < 1.29 is 4.79 Å².